The van der Waals surface area contributed by atoms with E-state index in [4.69, 9.17) is 0 Å². The molecular formula is C28H33N2O3S2+. The summed E-state index contributed by atoms with van der Waals surface area (Å²) >= 11 is 3.44. The first-order valence-corrected chi connectivity index (χ1v) is 13.8. The Labute approximate surface area is 215 Å². The molecule has 4 rings (SSSR count). The Balaban J connectivity index is 1.65. The van der Waals surface area contributed by atoms with E-state index < -0.39 is 0 Å². The van der Waals surface area contributed by atoms with Gasteiger partial charge in [0.15, 0.2) is 0 Å². The van der Waals surface area contributed by atoms with Crippen molar-refractivity contribution in [2.75, 3.05) is 18.1 Å². The first-order chi connectivity index (χ1) is 17.0. The number of phenolic OH excluding ortho intramolecular Hbond substituents is 2. The maximum atomic E-state index is 9.98. The van der Waals surface area contributed by atoms with E-state index in [1.165, 1.54) is 0 Å². The Bertz CT molecular complexity index is 1280. The zero-order chi connectivity index (χ0) is 24.8. The summed E-state index contributed by atoms with van der Waals surface area (Å²) in [5.41, 5.74) is 3.25. The minimum Gasteiger partial charge on any atom is -0.508 e. The normalized spacial score (nSPS) is 15.1. The number of hydrogen-bond acceptors (Lipinski definition) is 6. The zero-order valence-corrected chi connectivity index (χ0v) is 21.9. The van der Waals surface area contributed by atoms with Gasteiger partial charge < -0.3 is 20.2 Å². The summed E-state index contributed by atoms with van der Waals surface area (Å²) in [5.74, 6) is 0.566. The lowest BCUT2D eigenvalue weighted by Crippen LogP contribution is -2.34. The fourth-order valence-electron chi connectivity index (χ4n) is 4.20. The van der Waals surface area contributed by atoms with Crippen molar-refractivity contribution in [3.8, 4) is 11.5 Å². The quantitative estimate of drug-likeness (QED) is 0.213. The number of anilines is 1. The number of hydrogen-bond donors (Lipinski definition) is 3. The van der Waals surface area contributed by atoms with Crippen LogP contribution in [0, 0.1) is 0 Å². The van der Waals surface area contributed by atoms with Gasteiger partial charge in [0.2, 0.25) is 5.52 Å². The topological polar surface area (TPSA) is 67.8 Å². The second-order valence-corrected chi connectivity index (χ2v) is 10.7. The molecule has 0 radical (unpaired) electrons. The zero-order valence-electron chi connectivity index (χ0n) is 20.3. The standard InChI is InChI=1S/C28H32N2O3S2/c1-3-15-29-23-18-21(32)9-11-25(23)34-27(29)13-7-20(6-5-17-31)8-14-28-30(16-4-2)24-19-22(33)10-12-26(24)35-28/h7-14,18-19,31H,3-6,15-17H2,1-2H3,(H-,32,33)/p+1. The number of phenols is 2. The molecule has 3 aromatic rings. The molecule has 0 saturated carbocycles. The van der Waals surface area contributed by atoms with Crippen molar-refractivity contribution in [2.24, 2.45) is 0 Å². The van der Waals surface area contributed by atoms with Crippen LogP contribution in [-0.4, -0.2) is 28.5 Å². The molecule has 7 heteroatoms. The molecule has 0 atom stereocenters. The number of fused-ring (bicyclic) bond motifs is 2. The number of thioether (sulfide) groups is 1. The number of aliphatic hydroxyl groups is 1. The lowest BCUT2D eigenvalue weighted by Gasteiger charge is -2.19. The summed E-state index contributed by atoms with van der Waals surface area (Å²) in [6.45, 7) is 6.24. The minimum atomic E-state index is 0.154. The molecule has 1 aliphatic heterocycles. The smallest absolute Gasteiger partial charge is 0.262 e. The number of rotatable bonds is 10. The third-order valence-electron chi connectivity index (χ3n) is 5.83. The van der Waals surface area contributed by atoms with Gasteiger partial charge in [-0.15, -0.1) is 0 Å². The van der Waals surface area contributed by atoms with Gasteiger partial charge in [0, 0.05) is 36.6 Å². The van der Waals surface area contributed by atoms with Crippen molar-refractivity contribution < 1.29 is 19.9 Å². The maximum Gasteiger partial charge on any atom is 0.262 e. The number of allylic oxidation sites excluding steroid dienone is 4. The molecule has 0 bridgehead atoms. The van der Waals surface area contributed by atoms with E-state index in [9.17, 15) is 15.3 Å². The van der Waals surface area contributed by atoms with Crippen molar-refractivity contribution in [1.29, 1.82) is 0 Å². The van der Waals surface area contributed by atoms with Crippen LogP contribution in [0.5, 0.6) is 11.5 Å². The van der Waals surface area contributed by atoms with Crippen molar-refractivity contribution in [1.82, 2.24) is 0 Å². The van der Waals surface area contributed by atoms with Crippen LogP contribution in [0.25, 0.3) is 16.3 Å². The van der Waals surface area contributed by atoms with Crippen molar-refractivity contribution in [3.05, 3.63) is 70.2 Å². The molecule has 0 saturated heterocycles. The molecule has 0 spiro atoms. The van der Waals surface area contributed by atoms with E-state index in [2.05, 4.69) is 47.6 Å². The number of benzene rings is 2. The fraction of sp³-hybridized carbons (Fsp3) is 0.321. The van der Waals surface area contributed by atoms with E-state index in [1.54, 1.807) is 35.2 Å². The maximum absolute atomic E-state index is 9.98. The van der Waals surface area contributed by atoms with Gasteiger partial charge >= 0.3 is 0 Å². The molecule has 0 fully saturated rings. The van der Waals surface area contributed by atoms with Crippen molar-refractivity contribution in [2.45, 2.75) is 51.0 Å². The lowest BCUT2D eigenvalue weighted by molar-refractivity contribution is -0.668. The second kappa shape index (κ2) is 11.8. The van der Waals surface area contributed by atoms with Gasteiger partial charge in [-0.25, -0.2) is 0 Å². The third kappa shape index (κ3) is 5.92. The van der Waals surface area contributed by atoms with Gasteiger partial charge in [-0.3, -0.25) is 0 Å². The van der Waals surface area contributed by atoms with Gasteiger partial charge in [-0.05, 0) is 55.2 Å². The van der Waals surface area contributed by atoms with Gasteiger partial charge in [0.1, 0.15) is 22.7 Å². The molecule has 3 N–H and O–H groups in total. The SMILES string of the molecule is CCCN1/C(=C/C=C(/C=C\c2sc3ccc(O)cc3[n+]2CCC)CCCO)Sc2ccc(O)cc21. The molecule has 184 valence electrons. The predicted octanol–water partition coefficient (Wildman–Crippen LogP) is 6.59. The van der Waals surface area contributed by atoms with Crippen LogP contribution in [-0.2, 0) is 6.54 Å². The average Bonchev–Trinajstić information content (AvgIpc) is 3.36. The first kappa shape index (κ1) is 25.4. The number of aromatic nitrogens is 1. The van der Waals surface area contributed by atoms with Crippen LogP contribution >= 0.6 is 23.1 Å². The summed E-state index contributed by atoms with van der Waals surface area (Å²) in [4.78, 5) is 3.41. The highest BCUT2D eigenvalue weighted by atomic mass is 32.2. The highest BCUT2D eigenvalue weighted by Gasteiger charge is 2.24. The average molecular weight is 510 g/mol. The van der Waals surface area contributed by atoms with E-state index in [-0.39, 0.29) is 18.1 Å². The first-order valence-electron chi connectivity index (χ1n) is 12.2. The van der Waals surface area contributed by atoms with Crippen LogP contribution in [0.4, 0.5) is 5.69 Å². The molecular weight excluding hydrogens is 476 g/mol. The van der Waals surface area contributed by atoms with Crippen LogP contribution in [0.1, 0.15) is 44.5 Å². The number of aryl methyl sites for hydroxylation is 1. The number of aliphatic hydroxyl groups excluding tert-OH is 1. The molecule has 0 unspecified atom stereocenters. The lowest BCUT2D eigenvalue weighted by atomic mass is 10.1. The minimum absolute atomic E-state index is 0.154. The van der Waals surface area contributed by atoms with Crippen LogP contribution in [0.3, 0.4) is 0 Å². The van der Waals surface area contributed by atoms with E-state index >= 15 is 0 Å². The van der Waals surface area contributed by atoms with Crippen molar-refractivity contribution in [3.63, 3.8) is 0 Å². The molecule has 0 amide bonds. The Morgan fingerprint density at radius 1 is 1.06 bits per heavy atom. The van der Waals surface area contributed by atoms with Gasteiger partial charge in [-0.1, -0.05) is 49.1 Å². The van der Waals surface area contributed by atoms with Crippen LogP contribution in [0.2, 0.25) is 0 Å². The largest absolute Gasteiger partial charge is 0.508 e. The molecule has 1 aromatic heterocycles. The molecule has 2 aromatic carbocycles. The number of thiazole rings is 1. The summed E-state index contributed by atoms with van der Waals surface area (Å²) in [5, 5.41) is 31.7. The summed E-state index contributed by atoms with van der Waals surface area (Å²) in [6.07, 6.45) is 12.1. The molecule has 35 heavy (non-hydrogen) atoms. The Morgan fingerprint density at radius 3 is 2.63 bits per heavy atom. The fourth-order valence-corrected chi connectivity index (χ4v) is 6.34. The van der Waals surface area contributed by atoms with E-state index in [0.29, 0.717) is 6.42 Å². The summed E-state index contributed by atoms with van der Waals surface area (Å²) in [6, 6.07) is 11.1. The molecule has 5 nitrogen and oxygen atoms in total. The highest BCUT2D eigenvalue weighted by molar-refractivity contribution is 8.03. The Morgan fingerprint density at radius 2 is 1.86 bits per heavy atom. The second-order valence-electron chi connectivity index (χ2n) is 8.56. The molecule has 2 heterocycles. The number of nitrogens with zero attached hydrogens (tertiary/aromatic N) is 2. The van der Waals surface area contributed by atoms with E-state index in [0.717, 1.165) is 68.8 Å². The molecule has 1 aliphatic rings. The Hall–Kier alpha value is -2.74. The monoisotopic (exact) mass is 509 g/mol. The highest BCUT2D eigenvalue weighted by Crippen LogP contribution is 2.47. The van der Waals surface area contributed by atoms with Gasteiger partial charge in [0.25, 0.3) is 5.01 Å². The Kier molecular flexibility index (Phi) is 8.55. The molecule has 0 aliphatic carbocycles. The van der Waals surface area contributed by atoms with Crippen LogP contribution < -0.4 is 9.47 Å². The van der Waals surface area contributed by atoms with Gasteiger partial charge in [0.05, 0.1) is 16.8 Å². The third-order valence-corrected chi connectivity index (χ3v) is 8.09. The van der Waals surface area contributed by atoms with Gasteiger partial charge in [-0.2, -0.15) is 4.57 Å². The van der Waals surface area contributed by atoms with Crippen LogP contribution in [0.15, 0.2) is 70.1 Å². The summed E-state index contributed by atoms with van der Waals surface area (Å²) < 4.78 is 3.41. The number of aromatic hydroxyl groups is 2. The predicted molar refractivity (Wildman–Crippen MR) is 147 cm³/mol. The van der Waals surface area contributed by atoms with E-state index in [1.807, 2.05) is 24.3 Å². The van der Waals surface area contributed by atoms with Crippen molar-refractivity contribution >= 4 is 45.1 Å². The summed E-state index contributed by atoms with van der Waals surface area (Å²) in [7, 11) is 0.